The van der Waals surface area contributed by atoms with Gasteiger partial charge in [0.1, 0.15) is 12.3 Å². The van der Waals surface area contributed by atoms with Crippen molar-refractivity contribution < 1.29 is 9.53 Å². The van der Waals surface area contributed by atoms with Gasteiger partial charge in [-0.3, -0.25) is 4.79 Å². The van der Waals surface area contributed by atoms with Crippen LogP contribution in [0.15, 0.2) is 41.8 Å². The molecule has 5 nitrogen and oxygen atoms in total. The molecule has 20 heavy (non-hydrogen) atoms. The van der Waals surface area contributed by atoms with E-state index in [2.05, 4.69) is 10.3 Å². The number of thioether (sulfide) groups is 1. The fourth-order valence-electron chi connectivity index (χ4n) is 1.86. The molecule has 0 aliphatic carbocycles. The Morgan fingerprint density at radius 2 is 2.25 bits per heavy atom. The molecule has 1 aromatic heterocycles. The predicted molar refractivity (Wildman–Crippen MR) is 78.8 cm³/mol. The molecule has 0 radical (unpaired) electrons. The number of para-hydroxylation sites is 1. The molecule has 106 valence electrons. The van der Waals surface area contributed by atoms with Crippen LogP contribution in [-0.4, -0.2) is 28.8 Å². The van der Waals surface area contributed by atoms with Crippen molar-refractivity contribution in [3.8, 4) is 5.75 Å². The largest absolute Gasteiger partial charge is 0.496 e. The molecule has 0 aliphatic rings. The third-order valence-electron chi connectivity index (χ3n) is 2.84. The molecule has 2 aromatic rings. The van der Waals surface area contributed by atoms with E-state index in [9.17, 15) is 4.79 Å². The Bertz CT molecular complexity index is 583. The third kappa shape index (κ3) is 3.54. The minimum absolute atomic E-state index is 0.0517. The summed E-state index contributed by atoms with van der Waals surface area (Å²) in [6.45, 7) is 0.720. The predicted octanol–water partition coefficient (Wildman–Crippen LogP) is 1.93. The van der Waals surface area contributed by atoms with Gasteiger partial charge in [-0.25, -0.2) is 4.98 Å². The van der Waals surface area contributed by atoms with Crippen LogP contribution in [0.1, 0.15) is 5.56 Å². The quantitative estimate of drug-likeness (QED) is 0.826. The Morgan fingerprint density at radius 1 is 1.45 bits per heavy atom. The first-order chi connectivity index (χ1) is 9.74. The summed E-state index contributed by atoms with van der Waals surface area (Å²) < 4.78 is 7.07. The summed E-state index contributed by atoms with van der Waals surface area (Å²) in [5, 5.41) is 3.72. The van der Waals surface area contributed by atoms with Gasteiger partial charge in [-0.05, 0) is 12.3 Å². The monoisotopic (exact) mass is 291 g/mol. The summed E-state index contributed by atoms with van der Waals surface area (Å²) in [6, 6.07) is 7.64. The number of methoxy groups -OCH3 is 1. The molecule has 0 saturated heterocycles. The second-order valence-corrected chi connectivity index (χ2v) is 4.90. The topological polar surface area (TPSA) is 56.1 Å². The Morgan fingerprint density at radius 3 is 3.00 bits per heavy atom. The average Bonchev–Trinajstić information content (AvgIpc) is 2.92. The number of nitrogens with one attached hydrogen (secondary N) is 1. The highest BCUT2D eigenvalue weighted by atomic mass is 32.2. The maximum atomic E-state index is 11.9. The molecular formula is C14H17N3O2S. The van der Waals surface area contributed by atoms with Crippen LogP contribution in [-0.2, 0) is 17.9 Å². The van der Waals surface area contributed by atoms with Gasteiger partial charge in [0.25, 0.3) is 0 Å². The second-order valence-electron chi connectivity index (χ2n) is 4.13. The van der Waals surface area contributed by atoms with Crippen molar-refractivity contribution in [1.82, 2.24) is 14.9 Å². The summed E-state index contributed by atoms with van der Waals surface area (Å²) >= 11 is 1.52. The molecule has 1 N–H and O–H groups in total. The maximum Gasteiger partial charge on any atom is 0.240 e. The van der Waals surface area contributed by atoms with E-state index < -0.39 is 0 Å². The normalized spacial score (nSPS) is 10.3. The van der Waals surface area contributed by atoms with Crippen LogP contribution in [0, 0.1) is 0 Å². The lowest BCUT2D eigenvalue weighted by molar-refractivity contribution is -0.121. The number of hydrogen-bond acceptors (Lipinski definition) is 4. The molecular weight excluding hydrogens is 274 g/mol. The number of benzene rings is 1. The van der Waals surface area contributed by atoms with Crippen LogP contribution in [0.2, 0.25) is 0 Å². The smallest absolute Gasteiger partial charge is 0.240 e. The molecule has 6 heteroatoms. The minimum Gasteiger partial charge on any atom is -0.496 e. The number of ether oxygens (including phenoxy) is 1. The first kappa shape index (κ1) is 14.5. The number of imidazole rings is 1. The zero-order valence-corrected chi connectivity index (χ0v) is 12.3. The molecule has 0 unspecified atom stereocenters. The lowest BCUT2D eigenvalue weighted by Crippen LogP contribution is -2.27. The lowest BCUT2D eigenvalue weighted by Gasteiger charge is -2.10. The van der Waals surface area contributed by atoms with Crippen LogP contribution >= 0.6 is 11.8 Å². The molecule has 0 aliphatic heterocycles. The van der Waals surface area contributed by atoms with Crippen molar-refractivity contribution in [3.63, 3.8) is 0 Å². The van der Waals surface area contributed by atoms with E-state index in [0.29, 0.717) is 6.54 Å². The second kappa shape index (κ2) is 7.00. The van der Waals surface area contributed by atoms with E-state index in [1.54, 1.807) is 19.5 Å². The number of carbonyl (C=O) groups excluding carboxylic acids is 1. The fraction of sp³-hybridized carbons (Fsp3) is 0.286. The fourth-order valence-corrected chi connectivity index (χ4v) is 2.39. The molecule has 1 aromatic carbocycles. The molecule has 2 rings (SSSR count). The highest BCUT2D eigenvalue weighted by Crippen LogP contribution is 2.16. The van der Waals surface area contributed by atoms with Crippen LogP contribution < -0.4 is 10.1 Å². The van der Waals surface area contributed by atoms with Crippen molar-refractivity contribution in [3.05, 3.63) is 42.2 Å². The van der Waals surface area contributed by atoms with Crippen molar-refractivity contribution in [2.45, 2.75) is 18.2 Å². The minimum atomic E-state index is -0.0517. The molecule has 0 spiro atoms. The van der Waals surface area contributed by atoms with Crippen molar-refractivity contribution in [2.24, 2.45) is 0 Å². The molecule has 1 amide bonds. The highest BCUT2D eigenvalue weighted by Gasteiger charge is 2.08. The third-order valence-corrected chi connectivity index (χ3v) is 3.55. The first-order valence-corrected chi connectivity index (χ1v) is 7.40. The number of nitrogens with zero attached hydrogens (tertiary/aromatic N) is 2. The molecule has 0 fully saturated rings. The van der Waals surface area contributed by atoms with Gasteiger partial charge in [0, 0.05) is 24.5 Å². The van der Waals surface area contributed by atoms with Gasteiger partial charge in [-0.2, -0.15) is 0 Å². The number of hydrogen-bond donors (Lipinski definition) is 1. The Balaban J connectivity index is 1.92. The summed E-state index contributed by atoms with van der Waals surface area (Å²) in [5.41, 5.74) is 0.957. The summed E-state index contributed by atoms with van der Waals surface area (Å²) in [4.78, 5) is 16.1. The summed E-state index contributed by atoms with van der Waals surface area (Å²) in [5.74, 6) is 0.726. The van der Waals surface area contributed by atoms with Crippen molar-refractivity contribution in [1.29, 1.82) is 0 Å². The van der Waals surface area contributed by atoms with Gasteiger partial charge in [0.2, 0.25) is 5.91 Å². The SMILES string of the molecule is COc1ccccc1CNC(=O)Cn1ccnc1SC. The van der Waals surface area contributed by atoms with Gasteiger partial charge in [-0.1, -0.05) is 30.0 Å². The van der Waals surface area contributed by atoms with Crippen molar-refractivity contribution >= 4 is 17.7 Å². The van der Waals surface area contributed by atoms with Gasteiger partial charge < -0.3 is 14.6 Å². The average molecular weight is 291 g/mol. The number of aromatic nitrogens is 2. The Labute approximate surface area is 122 Å². The van der Waals surface area contributed by atoms with Crippen LogP contribution in [0.5, 0.6) is 5.75 Å². The number of amides is 1. The van der Waals surface area contributed by atoms with Crippen LogP contribution in [0.4, 0.5) is 0 Å². The Hall–Kier alpha value is -1.95. The Kier molecular flexibility index (Phi) is 5.06. The molecule has 0 saturated carbocycles. The van der Waals surface area contributed by atoms with E-state index >= 15 is 0 Å². The van der Waals surface area contributed by atoms with Gasteiger partial charge >= 0.3 is 0 Å². The maximum absolute atomic E-state index is 11.9. The number of carbonyl (C=O) groups is 1. The van der Waals surface area contributed by atoms with E-state index in [1.807, 2.05) is 35.1 Å². The van der Waals surface area contributed by atoms with Gasteiger partial charge in [0.15, 0.2) is 5.16 Å². The molecule has 0 atom stereocenters. The van der Waals surface area contributed by atoms with Crippen molar-refractivity contribution in [2.75, 3.05) is 13.4 Å². The summed E-state index contributed by atoms with van der Waals surface area (Å²) in [7, 11) is 1.62. The van der Waals surface area contributed by atoms with E-state index in [-0.39, 0.29) is 12.5 Å². The number of rotatable bonds is 6. The highest BCUT2D eigenvalue weighted by molar-refractivity contribution is 7.98. The zero-order chi connectivity index (χ0) is 14.4. The van der Waals surface area contributed by atoms with Crippen LogP contribution in [0.3, 0.4) is 0 Å². The standard InChI is InChI=1S/C14H17N3O2S/c1-19-12-6-4-3-5-11(12)9-16-13(18)10-17-8-7-15-14(17)20-2/h3-8H,9-10H2,1-2H3,(H,16,18). The zero-order valence-electron chi connectivity index (χ0n) is 11.5. The van der Waals surface area contributed by atoms with Gasteiger partial charge in [-0.15, -0.1) is 0 Å². The first-order valence-electron chi connectivity index (χ1n) is 6.18. The summed E-state index contributed by atoms with van der Waals surface area (Å²) in [6.07, 6.45) is 5.43. The van der Waals surface area contributed by atoms with E-state index in [0.717, 1.165) is 16.5 Å². The molecule has 1 heterocycles. The van der Waals surface area contributed by atoms with Gasteiger partial charge in [0.05, 0.1) is 7.11 Å². The van der Waals surface area contributed by atoms with E-state index in [1.165, 1.54) is 11.8 Å². The van der Waals surface area contributed by atoms with E-state index in [4.69, 9.17) is 4.74 Å². The molecule has 0 bridgehead atoms. The lowest BCUT2D eigenvalue weighted by atomic mass is 10.2. The van der Waals surface area contributed by atoms with Crippen LogP contribution in [0.25, 0.3) is 0 Å².